The van der Waals surface area contributed by atoms with Crippen molar-refractivity contribution in [3.8, 4) is 5.75 Å². The SMILES string of the molecule is CCOCc1cc(/C=C/C(=O)c2cccc(Br)c2)ccc1OC. The van der Waals surface area contributed by atoms with E-state index in [1.807, 2.05) is 37.3 Å². The number of benzene rings is 2. The van der Waals surface area contributed by atoms with Crippen LogP contribution < -0.4 is 4.74 Å². The van der Waals surface area contributed by atoms with Gasteiger partial charge in [0.1, 0.15) is 5.75 Å². The Labute approximate surface area is 145 Å². The number of halogens is 1. The monoisotopic (exact) mass is 374 g/mol. The van der Waals surface area contributed by atoms with Gasteiger partial charge in [0, 0.05) is 22.2 Å². The van der Waals surface area contributed by atoms with E-state index in [0.29, 0.717) is 18.8 Å². The lowest BCUT2D eigenvalue weighted by Gasteiger charge is -2.09. The topological polar surface area (TPSA) is 35.5 Å². The summed E-state index contributed by atoms with van der Waals surface area (Å²) >= 11 is 3.37. The van der Waals surface area contributed by atoms with Gasteiger partial charge in [-0.2, -0.15) is 0 Å². The van der Waals surface area contributed by atoms with Crippen LogP contribution in [0.5, 0.6) is 5.75 Å². The van der Waals surface area contributed by atoms with E-state index < -0.39 is 0 Å². The van der Waals surface area contributed by atoms with Gasteiger partial charge in [0.2, 0.25) is 0 Å². The lowest BCUT2D eigenvalue weighted by molar-refractivity contribution is 0.104. The largest absolute Gasteiger partial charge is 0.496 e. The normalized spacial score (nSPS) is 10.9. The summed E-state index contributed by atoms with van der Waals surface area (Å²) < 4.78 is 11.7. The molecular formula is C19H19BrO3. The van der Waals surface area contributed by atoms with Crippen molar-refractivity contribution in [1.29, 1.82) is 0 Å². The highest BCUT2D eigenvalue weighted by atomic mass is 79.9. The molecule has 0 aliphatic carbocycles. The van der Waals surface area contributed by atoms with Gasteiger partial charge >= 0.3 is 0 Å². The van der Waals surface area contributed by atoms with Crippen molar-refractivity contribution in [1.82, 2.24) is 0 Å². The number of ketones is 1. The summed E-state index contributed by atoms with van der Waals surface area (Å²) in [6, 6.07) is 13.1. The lowest BCUT2D eigenvalue weighted by atomic mass is 10.1. The molecule has 120 valence electrons. The molecule has 0 radical (unpaired) electrons. The Balaban J connectivity index is 2.17. The van der Waals surface area contributed by atoms with Crippen LogP contribution >= 0.6 is 15.9 Å². The minimum absolute atomic E-state index is 0.0338. The van der Waals surface area contributed by atoms with Crippen molar-refractivity contribution in [2.45, 2.75) is 13.5 Å². The van der Waals surface area contributed by atoms with Crippen molar-refractivity contribution in [3.05, 3.63) is 69.7 Å². The standard InChI is InChI=1S/C19H19BrO3/c1-3-23-13-16-11-14(8-10-19(16)22-2)7-9-18(21)15-5-4-6-17(20)12-15/h4-12H,3,13H2,1-2H3/b9-7+. The Morgan fingerprint density at radius 1 is 1.22 bits per heavy atom. The van der Waals surface area contributed by atoms with E-state index in [9.17, 15) is 4.79 Å². The number of carbonyl (C=O) groups is 1. The van der Waals surface area contributed by atoms with Gasteiger partial charge in [-0.05, 0) is 42.8 Å². The fraction of sp³-hybridized carbons (Fsp3) is 0.211. The number of ether oxygens (including phenoxy) is 2. The van der Waals surface area contributed by atoms with Crippen molar-refractivity contribution in [2.24, 2.45) is 0 Å². The first kappa shape index (κ1) is 17.4. The second kappa shape index (κ2) is 8.65. The maximum atomic E-state index is 12.2. The molecule has 3 nitrogen and oxygen atoms in total. The van der Waals surface area contributed by atoms with Crippen molar-refractivity contribution in [2.75, 3.05) is 13.7 Å². The lowest BCUT2D eigenvalue weighted by Crippen LogP contribution is -1.97. The molecule has 2 rings (SSSR count). The highest BCUT2D eigenvalue weighted by Crippen LogP contribution is 2.22. The average molecular weight is 375 g/mol. The van der Waals surface area contributed by atoms with Crippen LogP contribution in [0.15, 0.2) is 53.0 Å². The summed E-state index contributed by atoms with van der Waals surface area (Å²) in [4.78, 5) is 12.2. The molecule has 0 bridgehead atoms. The first-order chi connectivity index (χ1) is 11.1. The zero-order valence-electron chi connectivity index (χ0n) is 13.2. The summed E-state index contributed by atoms with van der Waals surface area (Å²) in [6.07, 6.45) is 3.38. The molecule has 0 saturated carbocycles. The minimum atomic E-state index is -0.0338. The molecule has 4 heteroatoms. The van der Waals surface area contributed by atoms with Crippen LogP contribution in [-0.2, 0) is 11.3 Å². The van der Waals surface area contributed by atoms with E-state index in [-0.39, 0.29) is 5.78 Å². The third kappa shape index (κ3) is 5.05. The van der Waals surface area contributed by atoms with E-state index in [2.05, 4.69) is 15.9 Å². The van der Waals surface area contributed by atoms with Gasteiger partial charge in [0.15, 0.2) is 5.78 Å². The third-order valence-electron chi connectivity index (χ3n) is 3.30. The Kier molecular flexibility index (Phi) is 6.56. The van der Waals surface area contributed by atoms with Crippen molar-refractivity contribution < 1.29 is 14.3 Å². The van der Waals surface area contributed by atoms with Crippen LogP contribution in [0, 0.1) is 0 Å². The zero-order chi connectivity index (χ0) is 16.7. The number of hydrogen-bond donors (Lipinski definition) is 0. The first-order valence-electron chi connectivity index (χ1n) is 7.36. The van der Waals surface area contributed by atoms with Gasteiger partial charge in [-0.15, -0.1) is 0 Å². The van der Waals surface area contributed by atoms with E-state index in [4.69, 9.17) is 9.47 Å². The Hall–Kier alpha value is -1.91. The highest BCUT2D eigenvalue weighted by Gasteiger charge is 2.05. The second-order valence-electron chi connectivity index (χ2n) is 4.92. The Morgan fingerprint density at radius 3 is 2.74 bits per heavy atom. The van der Waals surface area contributed by atoms with Gasteiger partial charge in [0.25, 0.3) is 0 Å². The van der Waals surface area contributed by atoms with Crippen LogP contribution in [-0.4, -0.2) is 19.5 Å². The van der Waals surface area contributed by atoms with Gasteiger partial charge < -0.3 is 9.47 Å². The van der Waals surface area contributed by atoms with Crippen LogP contribution in [0.2, 0.25) is 0 Å². The van der Waals surface area contributed by atoms with E-state index in [1.165, 1.54) is 0 Å². The number of rotatable bonds is 7. The number of carbonyl (C=O) groups excluding carboxylic acids is 1. The first-order valence-corrected chi connectivity index (χ1v) is 8.16. The highest BCUT2D eigenvalue weighted by molar-refractivity contribution is 9.10. The fourth-order valence-corrected chi connectivity index (χ4v) is 2.54. The molecule has 0 spiro atoms. The third-order valence-corrected chi connectivity index (χ3v) is 3.80. The van der Waals surface area contributed by atoms with Gasteiger partial charge in [-0.1, -0.05) is 40.2 Å². The molecular weight excluding hydrogens is 356 g/mol. The van der Waals surface area contributed by atoms with Gasteiger partial charge in [-0.3, -0.25) is 4.79 Å². The molecule has 0 aromatic heterocycles. The molecule has 0 heterocycles. The summed E-state index contributed by atoms with van der Waals surface area (Å²) in [5.41, 5.74) is 2.55. The fourth-order valence-electron chi connectivity index (χ4n) is 2.14. The quantitative estimate of drug-likeness (QED) is 0.511. The number of methoxy groups -OCH3 is 1. The van der Waals surface area contributed by atoms with Crippen LogP contribution in [0.4, 0.5) is 0 Å². The molecule has 23 heavy (non-hydrogen) atoms. The van der Waals surface area contributed by atoms with Crippen molar-refractivity contribution in [3.63, 3.8) is 0 Å². The molecule has 0 unspecified atom stereocenters. The maximum Gasteiger partial charge on any atom is 0.185 e. The van der Waals surface area contributed by atoms with E-state index >= 15 is 0 Å². The summed E-state index contributed by atoms with van der Waals surface area (Å²) in [5.74, 6) is 0.752. The predicted molar refractivity (Wildman–Crippen MR) is 95.8 cm³/mol. The van der Waals surface area contributed by atoms with E-state index in [0.717, 1.165) is 21.3 Å². The van der Waals surface area contributed by atoms with Crippen LogP contribution in [0.25, 0.3) is 6.08 Å². The Bertz CT molecular complexity index is 708. The molecule has 0 aliphatic rings. The molecule has 0 aliphatic heterocycles. The molecule has 0 amide bonds. The van der Waals surface area contributed by atoms with Crippen molar-refractivity contribution >= 4 is 27.8 Å². The molecule has 0 N–H and O–H groups in total. The smallest absolute Gasteiger partial charge is 0.185 e. The molecule has 2 aromatic rings. The summed E-state index contributed by atoms with van der Waals surface area (Å²) in [6.45, 7) is 3.08. The summed E-state index contributed by atoms with van der Waals surface area (Å²) in [5, 5.41) is 0. The minimum Gasteiger partial charge on any atom is -0.496 e. The number of allylic oxidation sites excluding steroid dienone is 1. The van der Waals surface area contributed by atoms with Crippen LogP contribution in [0.3, 0.4) is 0 Å². The van der Waals surface area contributed by atoms with Crippen LogP contribution in [0.1, 0.15) is 28.4 Å². The molecule has 0 fully saturated rings. The molecule has 0 saturated heterocycles. The number of hydrogen-bond acceptors (Lipinski definition) is 3. The Morgan fingerprint density at radius 2 is 2.04 bits per heavy atom. The molecule has 0 atom stereocenters. The van der Waals surface area contributed by atoms with Gasteiger partial charge in [0.05, 0.1) is 13.7 Å². The van der Waals surface area contributed by atoms with E-state index in [1.54, 1.807) is 31.4 Å². The maximum absolute atomic E-state index is 12.2. The summed E-state index contributed by atoms with van der Waals surface area (Å²) in [7, 11) is 1.64. The predicted octanol–water partition coefficient (Wildman–Crippen LogP) is 4.89. The zero-order valence-corrected chi connectivity index (χ0v) is 14.8. The second-order valence-corrected chi connectivity index (χ2v) is 5.83. The molecule has 2 aromatic carbocycles. The average Bonchev–Trinajstić information content (AvgIpc) is 2.57. The van der Waals surface area contributed by atoms with Gasteiger partial charge in [-0.25, -0.2) is 0 Å².